The number of amides is 3. The van der Waals surface area contributed by atoms with Gasteiger partial charge < -0.3 is 37.0 Å². The van der Waals surface area contributed by atoms with Crippen LogP contribution in [0.3, 0.4) is 0 Å². The monoisotopic (exact) mass is 404 g/mol. The molecule has 0 spiro atoms. The SMILES string of the molecule is CC(C)CC(NC(=O)C(NC(=O)C(NC(=O)C(C)N)C(C)O)C(C)O)C(=O)O. The Balaban J connectivity index is 5.30. The second-order valence-corrected chi connectivity index (χ2v) is 7.27. The first-order valence-corrected chi connectivity index (χ1v) is 9.03. The normalized spacial score (nSPS) is 17.6. The topological polar surface area (TPSA) is 191 Å². The number of aliphatic carboxylic acids is 1. The lowest BCUT2D eigenvalue weighted by atomic mass is 10.0. The first kappa shape index (κ1) is 25.8. The molecule has 0 aliphatic rings. The van der Waals surface area contributed by atoms with Crippen molar-refractivity contribution in [1.82, 2.24) is 16.0 Å². The van der Waals surface area contributed by atoms with Crippen molar-refractivity contribution in [3.63, 3.8) is 0 Å². The van der Waals surface area contributed by atoms with Crippen LogP contribution in [0.1, 0.15) is 41.0 Å². The smallest absolute Gasteiger partial charge is 0.326 e. The van der Waals surface area contributed by atoms with E-state index in [1.807, 2.05) is 0 Å². The first-order chi connectivity index (χ1) is 12.8. The highest BCUT2D eigenvalue weighted by atomic mass is 16.4. The molecule has 6 unspecified atom stereocenters. The lowest BCUT2D eigenvalue weighted by Crippen LogP contribution is -2.61. The molecular formula is C17H32N4O7. The van der Waals surface area contributed by atoms with Crippen LogP contribution in [0.5, 0.6) is 0 Å². The summed E-state index contributed by atoms with van der Waals surface area (Å²) in [4.78, 5) is 47.9. The summed E-state index contributed by atoms with van der Waals surface area (Å²) in [5, 5.41) is 35.6. The van der Waals surface area contributed by atoms with Gasteiger partial charge in [-0.2, -0.15) is 0 Å². The zero-order valence-electron chi connectivity index (χ0n) is 16.8. The minimum Gasteiger partial charge on any atom is -0.480 e. The van der Waals surface area contributed by atoms with E-state index in [2.05, 4.69) is 16.0 Å². The maximum absolute atomic E-state index is 12.4. The molecule has 0 aromatic rings. The fourth-order valence-electron chi connectivity index (χ4n) is 2.29. The van der Waals surface area contributed by atoms with Crippen LogP contribution in [0, 0.1) is 5.92 Å². The van der Waals surface area contributed by atoms with Crippen molar-refractivity contribution in [2.45, 2.75) is 77.4 Å². The Hall–Kier alpha value is -2.24. The molecule has 0 fully saturated rings. The van der Waals surface area contributed by atoms with Gasteiger partial charge in [0.05, 0.1) is 18.2 Å². The van der Waals surface area contributed by atoms with Gasteiger partial charge in [0.15, 0.2) is 0 Å². The molecule has 0 rings (SSSR count). The molecule has 6 atom stereocenters. The van der Waals surface area contributed by atoms with E-state index in [1.165, 1.54) is 20.8 Å². The number of carbonyl (C=O) groups excluding carboxylic acids is 3. The summed E-state index contributed by atoms with van der Waals surface area (Å²) >= 11 is 0. The van der Waals surface area contributed by atoms with Crippen molar-refractivity contribution in [2.75, 3.05) is 0 Å². The number of nitrogens with two attached hydrogens (primary N) is 1. The number of hydrogen-bond donors (Lipinski definition) is 7. The molecule has 0 aromatic heterocycles. The molecule has 8 N–H and O–H groups in total. The fraction of sp³-hybridized carbons (Fsp3) is 0.765. The van der Waals surface area contributed by atoms with Crippen LogP contribution in [0.15, 0.2) is 0 Å². The number of carboxylic acid groups (broad SMARTS) is 1. The summed E-state index contributed by atoms with van der Waals surface area (Å²) in [7, 11) is 0. The predicted molar refractivity (Wildman–Crippen MR) is 99.9 cm³/mol. The van der Waals surface area contributed by atoms with Gasteiger partial charge in [-0.05, 0) is 33.1 Å². The number of carboxylic acids is 1. The predicted octanol–water partition coefficient (Wildman–Crippen LogP) is -2.32. The highest BCUT2D eigenvalue weighted by Crippen LogP contribution is 2.06. The lowest BCUT2D eigenvalue weighted by Gasteiger charge is -2.27. The molecule has 162 valence electrons. The van der Waals surface area contributed by atoms with Crippen molar-refractivity contribution >= 4 is 23.7 Å². The minimum absolute atomic E-state index is 0.0194. The minimum atomic E-state index is -1.49. The van der Waals surface area contributed by atoms with Crippen LogP contribution in [0.4, 0.5) is 0 Å². The van der Waals surface area contributed by atoms with Crippen molar-refractivity contribution in [2.24, 2.45) is 11.7 Å². The summed E-state index contributed by atoms with van der Waals surface area (Å²) in [6.45, 7) is 7.45. The van der Waals surface area contributed by atoms with Gasteiger partial charge in [0.1, 0.15) is 18.1 Å². The highest BCUT2D eigenvalue weighted by molar-refractivity contribution is 5.94. The van der Waals surface area contributed by atoms with E-state index in [-0.39, 0.29) is 12.3 Å². The summed E-state index contributed by atoms with van der Waals surface area (Å²) in [6.07, 6.45) is -2.52. The Labute approximate surface area is 164 Å². The number of carbonyl (C=O) groups is 4. The summed E-state index contributed by atoms with van der Waals surface area (Å²) in [5.74, 6) is -3.79. The Kier molecular flexibility index (Phi) is 10.6. The lowest BCUT2D eigenvalue weighted by molar-refractivity contribution is -0.143. The molecule has 11 nitrogen and oxygen atoms in total. The van der Waals surface area contributed by atoms with Gasteiger partial charge in [0.25, 0.3) is 0 Å². The van der Waals surface area contributed by atoms with Gasteiger partial charge in [-0.1, -0.05) is 13.8 Å². The second-order valence-electron chi connectivity index (χ2n) is 7.27. The molecule has 0 radical (unpaired) electrons. The van der Waals surface area contributed by atoms with E-state index in [1.54, 1.807) is 13.8 Å². The highest BCUT2D eigenvalue weighted by Gasteiger charge is 2.34. The summed E-state index contributed by atoms with van der Waals surface area (Å²) < 4.78 is 0. The van der Waals surface area contributed by atoms with Crippen molar-refractivity contribution in [3.8, 4) is 0 Å². The average Bonchev–Trinajstić information content (AvgIpc) is 2.54. The van der Waals surface area contributed by atoms with E-state index in [0.29, 0.717) is 0 Å². The Bertz CT molecular complexity index is 564. The van der Waals surface area contributed by atoms with E-state index in [0.717, 1.165) is 0 Å². The maximum atomic E-state index is 12.4. The van der Waals surface area contributed by atoms with Crippen LogP contribution in [0.2, 0.25) is 0 Å². The molecular weight excluding hydrogens is 372 g/mol. The van der Waals surface area contributed by atoms with E-state index in [4.69, 9.17) is 5.73 Å². The summed E-state index contributed by atoms with van der Waals surface area (Å²) in [5.41, 5.74) is 5.42. The van der Waals surface area contributed by atoms with Crippen molar-refractivity contribution in [1.29, 1.82) is 0 Å². The van der Waals surface area contributed by atoms with Crippen LogP contribution in [0.25, 0.3) is 0 Å². The third kappa shape index (κ3) is 8.63. The van der Waals surface area contributed by atoms with Crippen LogP contribution < -0.4 is 21.7 Å². The van der Waals surface area contributed by atoms with Crippen molar-refractivity contribution in [3.05, 3.63) is 0 Å². The van der Waals surface area contributed by atoms with Gasteiger partial charge in [-0.25, -0.2) is 4.79 Å². The molecule has 0 aliphatic carbocycles. The Morgan fingerprint density at radius 2 is 1.18 bits per heavy atom. The molecule has 3 amide bonds. The standard InChI is InChI=1S/C17H32N4O7/c1-7(2)6-11(17(27)28)19-15(25)12(9(4)22)21-16(26)13(10(5)23)20-14(24)8(3)18/h7-13,22-23H,6,18H2,1-5H3,(H,19,25)(H,20,24)(H,21,26)(H,27,28). The number of hydrogen-bond acceptors (Lipinski definition) is 7. The van der Waals surface area contributed by atoms with Crippen LogP contribution >= 0.6 is 0 Å². The van der Waals surface area contributed by atoms with Crippen molar-refractivity contribution < 1.29 is 34.5 Å². The average molecular weight is 404 g/mol. The molecule has 0 saturated carbocycles. The molecule has 11 heteroatoms. The van der Waals surface area contributed by atoms with Gasteiger partial charge in [0, 0.05) is 0 Å². The molecule has 0 aromatic carbocycles. The maximum Gasteiger partial charge on any atom is 0.326 e. The first-order valence-electron chi connectivity index (χ1n) is 9.03. The molecule has 0 heterocycles. The molecule has 0 bridgehead atoms. The van der Waals surface area contributed by atoms with Gasteiger partial charge in [-0.3, -0.25) is 14.4 Å². The molecule has 0 saturated heterocycles. The van der Waals surface area contributed by atoms with Gasteiger partial charge in [0.2, 0.25) is 17.7 Å². The van der Waals surface area contributed by atoms with Gasteiger partial charge >= 0.3 is 5.97 Å². The number of rotatable bonds is 11. The van der Waals surface area contributed by atoms with E-state index >= 15 is 0 Å². The van der Waals surface area contributed by atoms with E-state index < -0.39 is 60.1 Å². The third-order valence-corrected chi connectivity index (χ3v) is 3.86. The quantitative estimate of drug-likeness (QED) is 0.199. The van der Waals surface area contributed by atoms with Crippen LogP contribution in [-0.4, -0.2) is 75.4 Å². The van der Waals surface area contributed by atoms with Crippen LogP contribution in [-0.2, 0) is 19.2 Å². The second kappa shape index (κ2) is 11.6. The summed E-state index contributed by atoms with van der Waals surface area (Å²) in [6, 6.07) is -5.04. The molecule has 28 heavy (non-hydrogen) atoms. The Morgan fingerprint density at radius 3 is 1.50 bits per heavy atom. The molecule has 0 aliphatic heterocycles. The largest absolute Gasteiger partial charge is 0.480 e. The number of aliphatic hydroxyl groups is 2. The van der Waals surface area contributed by atoms with Gasteiger partial charge in [-0.15, -0.1) is 0 Å². The third-order valence-electron chi connectivity index (χ3n) is 3.86. The zero-order valence-corrected chi connectivity index (χ0v) is 16.8. The fourth-order valence-corrected chi connectivity index (χ4v) is 2.29. The zero-order chi connectivity index (χ0) is 22.2. The number of nitrogens with one attached hydrogen (secondary N) is 3. The van der Waals surface area contributed by atoms with E-state index in [9.17, 15) is 34.5 Å². The Morgan fingerprint density at radius 1 is 0.786 bits per heavy atom. The number of aliphatic hydroxyl groups excluding tert-OH is 2.